The first-order valence-electron chi connectivity index (χ1n) is 10.1. The number of β-amino-alcohol motifs (C(OH)–C–C–N with tert-alkyl or cyclic N) is 1. The Hall–Kier alpha value is -2.10. The van der Waals surface area contributed by atoms with Crippen LogP contribution in [0.25, 0.3) is 0 Å². The zero-order valence-electron chi connectivity index (χ0n) is 17.8. The average molecular weight is 390 g/mol. The number of aliphatic hydroxyl groups excluding tert-OH is 1. The highest BCUT2D eigenvalue weighted by atomic mass is 16.5. The van der Waals surface area contributed by atoms with Crippen molar-refractivity contribution >= 4 is 11.6 Å². The van der Waals surface area contributed by atoms with E-state index >= 15 is 0 Å². The number of nitrogens with one attached hydrogen (secondary N) is 2. The Bertz CT molecular complexity index is 662. The van der Waals surface area contributed by atoms with Crippen LogP contribution in [0.3, 0.4) is 0 Å². The predicted octanol–water partition coefficient (Wildman–Crippen LogP) is 3.84. The van der Waals surface area contributed by atoms with Gasteiger partial charge in [0.25, 0.3) is 0 Å². The number of anilines is 1. The zero-order valence-corrected chi connectivity index (χ0v) is 17.8. The Balaban J connectivity index is 2.68. The van der Waals surface area contributed by atoms with Gasteiger partial charge in [0.2, 0.25) is 5.91 Å². The molecule has 0 fully saturated rings. The quantitative estimate of drug-likeness (QED) is 0.534. The van der Waals surface area contributed by atoms with E-state index in [0.29, 0.717) is 23.5 Å². The van der Waals surface area contributed by atoms with Crippen molar-refractivity contribution in [2.24, 2.45) is 5.92 Å². The fraction of sp³-hybridized carbons (Fsp3) is 0.636. The van der Waals surface area contributed by atoms with Crippen LogP contribution in [0, 0.1) is 17.2 Å². The van der Waals surface area contributed by atoms with Crippen molar-refractivity contribution in [1.82, 2.24) is 5.32 Å². The van der Waals surface area contributed by atoms with Crippen molar-refractivity contribution in [2.75, 3.05) is 18.5 Å². The maximum Gasteiger partial charge on any atom is 0.227 e. The topological polar surface area (TPSA) is 94.4 Å². The van der Waals surface area contributed by atoms with Crippen LogP contribution in [-0.4, -0.2) is 35.8 Å². The summed E-state index contributed by atoms with van der Waals surface area (Å²) in [5, 5.41) is 25.6. The van der Waals surface area contributed by atoms with E-state index in [9.17, 15) is 15.2 Å². The Morgan fingerprint density at radius 2 is 2.04 bits per heavy atom. The van der Waals surface area contributed by atoms with Gasteiger partial charge in [-0.3, -0.25) is 4.79 Å². The first-order valence-corrected chi connectivity index (χ1v) is 10.1. The lowest BCUT2D eigenvalue weighted by Gasteiger charge is -2.23. The predicted molar refractivity (Wildman–Crippen MR) is 112 cm³/mol. The first kappa shape index (κ1) is 23.9. The van der Waals surface area contributed by atoms with Crippen LogP contribution in [0.4, 0.5) is 5.69 Å². The van der Waals surface area contributed by atoms with Crippen molar-refractivity contribution in [3.8, 4) is 11.8 Å². The summed E-state index contributed by atoms with van der Waals surface area (Å²) < 4.78 is 5.61. The minimum Gasteiger partial charge on any atom is -0.489 e. The van der Waals surface area contributed by atoms with Crippen molar-refractivity contribution in [3.63, 3.8) is 0 Å². The molecule has 1 aromatic rings. The summed E-state index contributed by atoms with van der Waals surface area (Å²) in [5.41, 5.74) is 0.820. The minimum absolute atomic E-state index is 0.0165. The van der Waals surface area contributed by atoms with Gasteiger partial charge in [0.05, 0.1) is 5.56 Å². The number of nitriles is 1. The van der Waals surface area contributed by atoms with Gasteiger partial charge in [0.1, 0.15) is 24.5 Å². The maximum absolute atomic E-state index is 12.4. The number of rotatable bonds is 11. The summed E-state index contributed by atoms with van der Waals surface area (Å²) >= 11 is 0. The molecule has 0 heterocycles. The van der Waals surface area contributed by atoms with E-state index in [1.807, 2.05) is 27.7 Å². The summed E-state index contributed by atoms with van der Waals surface area (Å²) in [5.74, 6) is 0.359. The Kier molecular flexibility index (Phi) is 9.98. The molecule has 0 spiro atoms. The molecular formula is C22H35N3O3. The molecule has 1 amide bonds. The van der Waals surface area contributed by atoms with Crippen LogP contribution < -0.4 is 15.4 Å². The molecule has 6 nitrogen and oxygen atoms in total. The van der Waals surface area contributed by atoms with Crippen molar-refractivity contribution in [2.45, 2.75) is 71.9 Å². The van der Waals surface area contributed by atoms with Gasteiger partial charge in [-0.1, -0.05) is 26.7 Å². The molecule has 0 aromatic heterocycles. The van der Waals surface area contributed by atoms with Gasteiger partial charge in [-0.05, 0) is 51.8 Å². The van der Waals surface area contributed by atoms with E-state index < -0.39 is 6.10 Å². The van der Waals surface area contributed by atoms with Crippen molar-refractivity contribution < 1.29 is 14.6 Å². The number of unbranched alkanes of at least 4 members (excludes halogenated alkanes) is 1. The lowest BCUT2D eigenvalue weighted by atomic mass is 9.98. The fourth-order valence-electron chi connectivity index (χ4n) is 2.71. The molecule has 0 aliphatic carbocycles. The molecule has 2 unspecified atom stereocenters. The zero-order chi connectivity index (χ0) is 21.2. The molecule has 3 N–H and O–H groups in total. The number of nitrogens with zero attached hydrogens (tertiary/aromatic N) is 1. The summed E-state index contributed by atoms with van der Waals surface area (Å²) in [7, 11) is 0. The molecule has 0 bridgehead atoms. The third-order valence-corrected chi connectivity index (χ3v) is 4.44. The summed E-state index contributed by atoms with van der Waals surface area (Å²) in [4.78, 5) is 12.4. The summed E-state index contributed by atoms with van der Waals surface area (Å²) in [6.07, 6.45) is 3.05. The van der Waals surface area contributed by atoms with Gasteiger partial charge in [-0.25, -0.2) is 0 Å². The highest BCUT2D eigenvalue weighted by molar-refractivity contribution is 5.92. The highest BCUT2D eigenvalue weighted by Gasteiger charge is 2.17. The second-order valence-corrected chi connectivity index (χ2v) is 8.16. The number of benzene rings is 1. The van der Waals surface area contributed by atoms with Gasteiger partial charge < -0.3 is 20.5 Å². The summed E-state index contributed by atoms with van der Waals surface area (Å²) in [6.45, 7) is 10.7. The molecule has 1 rings (SSSR count). The number of aliphatic hydroxyl groups is 1. The molecule has 28 heavy (non-hydrogen) atoms. The molecule has 0 saturated carbocycles. The smallest absolute Gasteiger partial charge is 0.227 e. The average Bonchev–Trinajstić information content (AvgIpc) is 2.65. The minimum atomic E-state index is -0.686. The van der Waals surface area contributed by atoms with Crippen molar-refractivity contribution in [1.29, 1.82) is 5.26 Å². The van der Waals surface area contributed by atoms with Crippen LogP contribution in [-0.2, 0) is 4.79 Å². The Morgan fingerprint density at radius 3 is 2.61 bits per heavy atom. The van der Waals surface area contributed by atoms with E-state index in [1.54, 1.807) is 18.2 Å². The van der Waals surface area contributed by atoms with Crippen molar-refractivity contribution in [3.05, 3.63) is 23.8 Å². The lowest BCUT2D eigenvalue weighted by molar-refractivity contribution is -0.120. The molecule has 0 radical (unpaired) electrons. The standard InChI is InChI=1S/C22H35N3O3/c1-6-8-9-16(7-2)21(27)25-18-10-11-20(17(12-18)13-23)28-15-19(26)14-24-22(3,4)5/h10-12,16,19,24,26H,6-9,14-15H2,1-5H3,(H,25,27). The number of hydrogen-bond donors (Lipinski definition) is 3. The van der Waals surface area contributed by atoms with Gasteiger partial charge in [0, 0.05) is 23.7 Å². The van der Waals surface area contributed by atoms with Crippen LogP contribution in [0.1, 0.15) is 65.9 Å². The van der Waals surface area contributed by atoms with Gasteiger partial charge >= 0.3 is 0 Å². The molecule has 2 atom stereocenters. The summed E-state index contributed by atoms with van der Waals surface area (Å²) in [6, 6.07) is 7.08. The van der Waals surface area contributed by atoms with Gasteiger partial charge in [-0.2, -0.15) is 5.26 Å². The number of carbonyl (C=O) groups excluding carboxylic acids is 1. The first-order chi connectivity index (χ1) is 13.2. The number of carbonyl (C=O) groups is 1. The number of amides is 1. The van der Waals surface area contributed by atoms with Crippen LogP contribution in [0.15, 0.2) is 18.2 Å². The molecule has 0 aliphatic rings. The normalized spacial score (nSPS) is 13.5. The molecule has 6 heteroatoms. The third-order valence-electron chi connectivity index (χ3n) is 4.44. The lowest BCUT2D eigenvalue weighted by Crippen LogP contribution is -2.42. The van der Waals surface area contributed by atoms with Crippen LogP contribution in [0.2, 0.25) is 0 Å². The van der Waals surface area contributed by atoms with E-state index in [-0.39, 0.29) is 24.0 Å². The SMILES string of the molecule is CCCCC(CC)C(=O)Nc1ccc(OCC(O)CNC(C)(C)C)c(C#N)c1. The largest absolute Gasteiger partial charge is 0.489 e. The Morgan fingerprint density at radius 1 is 1.32 bits per heavy atom. The number of hydrogen-bond acceptors (Lipinski definition) is 5. The molecule has 0 aliphatic heterocycles. The van der Waals surface area contributed by atoms with E-state index in [1.165, 1.54) is 0 Å². The van der Waals surface area contributed by atoms with Gasteiger partial charge in [-0.15, -0.1) is 0 Å². The fourth-order valence-corrected chi connectivity index (χ4v) is 2.71. The van der Waals surface area contributed by atoms with Crippen LogP contribution in [0.5, 0.6) is 5.75 Å². The molecular weight excluding hydrogens is 354 g/mol. The number of ether oxygens (including phenoxy) is 1. The maximum atomic E-state index is 12.4. The van der Waals surface area contributed by atoms with E-state index in [0.717, 1.165) is 25.7 Å². The second kappa shape index (κ2) is 11.7. The monoisotopic (exact) mass is 389 g/mol. The van der Waals surface area contributed by atoms with Gasteiger partial charge in [0.15, 0.2) is 0 Å². The molecule has 156 valence electrons. The molecule has 1 aromatic carbocycles. The van der Waals surface area contributed by atoms with E-state index in [2.05, 4.69) is 23.6 Å². The Labute approximate surface area is 169 Å². The van der Waals surface area contributed by atoms with Crippen LogP contribution >= 0.6 is 0 Å². The molecule has 0 saturated heterocycles. The third kappa shape index (κ3) is 8.73. The highest BCUT2D eigenvalue weighted by Crippen LogP contribution is 2.24. The van der Waals surface area contributed by atoms with E-state index in [4.69, 9.17) is 4.74 Å². The second-order valence-electron chi connectivity index (χ2n) is 8.16.